The van der Waals surface area contributed by atoms with E-state index in [1.165, 1.54) is 54.9 Å². The van der Waals surface area contributed by atoms with Crippen molar-refractivity contribution in [2.75, 3.05) is 9.80 Å². The zero-order valence-corrected chi connectivity index (χ0v) is 36.7. The predicted octanol–water partition coefficient (Wildman–Crippen LogP) is 17.7. The molecule has 0 atom stereocenters. The molecule has 10 aromatic carbocycles. The van der Waals surface area contributed by atoms with Crippen molar-refractivity contribution < 1.29 is 8.83 Å². The summed E-state index contributed by atoms with van der Waals surface area (Å²) in [7, 11) is 0. The monoisotopic (exact) mass is 836 g/mol. The van der Waals surface area contributed by atoms with Gasteiger partial charge in [-0.25, -0.2) is 0 Å². The van der Waals surface area contributed by atoms with E-state index in [-0.39, 0.29) is 5.41 Å². The third-order valence-corrected chi connectivity index (χ3v) is 14.1. The number of anilines is 6. The van der Waals surface area contributed by atoms with Crippen molar-refractivity contribution in [1.82, 2.24) is 0 Å². The van der Waals surface area contributed by atoms with E-state index in [1.54, 1.807) is 0 Å². The Balaban J connectivity index is 1.12. The summed E-state index contributed by atoms with van der Waals surface area (Å²) in [6.07, 6.45) is 0. The van der Waals surface area contributed by atoms with E-state index in [1.807, 2.05) is 12.1 Å². The number of hydrogen-bond donors (Lipinski definition) is 0. The molecular weight excluding hydrogens is 793 g/mol. The highest BCUT2D eigenvalue weighted by atomic mass is 16.3. The first-order valence-electron chi connectivity index (χ1n) is 22.5. The van der Waals surface area contributed by atoms with Crippen LogP contribution in [0.2, 0.25) is 0 Å². The van der Waals surface area contributed by atoms with Gasteiger partial charge >= 0.3 is 0 Å². The van der Waals surface area contributed by atoms with Gasteiger partial charge in [-0.3, -0.25) is 0 Å². The molecule has 65 heavy (non-hydrogen) atoms. The SMILES string of the molecule is Cc1ccccc1N(c1cc2c(c3ccccc13)-c1cc(N(c3ccccc3C)c3cccc4c3oc3ccccc34)c3ccccc3c1C2(C)C)c1cccc2c1oc1ccccc12. The molecule has 2 aromatic heterocycles. The Morgan fingerprint density at radius 3 is 1.29 bits per heavy atom. The molecular formula is C61H44N2O2. The highest BCUT2D eigenvalue weighted by Crippen LogP contribution is 2.59. The van der Waals surface area contributed by atoms with Gasteiger partial charge in [0.25, 0.3) is 0 Å². The first-order valence-corrected chi connectivity index (χ1v) is 22.5. The van der Waals surface area contributed by atoms with Crippen LogP contribution in [0.3, 0.4) is 0 Å². The lowest BCUT2D eigenvalue weighted by atomic mass is 9.79. The fraction of sp³-hybridized carbons (Fsp3) is 0.0820. The summed E-state index contributed by atoms with van der Waals surface area (Å²) in [4.78, 5) is 4.89. The van der Waals surface area contributed by atoms with Gasteiger partial charge < -0.3 is 18.6 Å². The molecule has 0 fully saturated rings. The van der Waals surface area contributed by atoms with Crippen molar-refractivity contribution in [1.29, 1.82) is 0 Å². The van der Waals surface area contributed by atoms with Crippen LogP contribution in [0.4, 0.5) is 34.1 Å². The minimum Gasteiger partial charge on any atom is -0.454 e. The van der Waals surface area contributed by atoms with Gasteiger partial charge in [-0.05, 0) is 107 Å². The molecule has 0 unspecified atom stereocenters. The number of benzene rings is 10. The Morgan fingerprint density at radius 2 is 0.754 bits per heavy atom. The molecule has 2 heterocycles. The van der Waals surface area contributed by atoms with E-state index < -0.39 is 0 Å². The zero-order valence-electron chi connectivity index (χ0n) is 36.7. The van der Waals surface area contributed by atoms with E-state index in [0.717, 1.165) is 78.0 Å². The number of nitrogens with zero attached hydrogens (tertiary/aromatic N) is 2. The van der Waals surface area contributed by atoms with Crippen molar-refractivity contribution >= 4 is 99.5 Å². The maximum absolute atomic E-state index is 6.81. The average molecular weight is 837 g/mol. The van der Waals surface area contributed by atoms with Crippen LogP contribution in [-0.2, 0) is 5.41 Å². The Hall–Kier alpha value is -8.08. The normalized spacial score (nSPS) is 13.0. The second-order valence-electron chi connectivity index (χ2n) is 18.1. The lowest BCUT2D eigenvalue weighted by Crippen LogP contribution is -2.18. The van der Waals surface area contributed by atoms with Crippen molar-refractivity contribution in [2.24, 2.45) is 0 Å². The number of furan rings is 2. The summed E-state index contributed by atoms with van der Waals surface area (Å²) in [5.74, 6) is 0. The first-order chi connectivity index (χ1) is 31.9. The zero-order chi connectivity index (χ0) is 43.6. The third-order valence-electron chi connectivity index (χ3n) is 14.1. The molecule has 310 valence electrons. The summed E-state index contributed by atoms with van der Waals surface area (Å²) in [6.45, 7) is 9.23. The van der Waals surface area contributed by atoms with Crippen molar-refractivity contribution in [3.05, 3.63) is 216 Å². The molecule has 0 amide bonds. The quantitative estimate of drug-likeness (QED) is 0.167. The lowest BCUT2D eigenvalue weighted by Gasteiger charge is -2.31. The minimum atomic E-state index is -0.364. The van der Waals surface area contributed by atoms with Crippen LogP contribution in [0.25, 0.3) is 76.5 Å². The molecule has 0 N–H and O–H groups in total. The number of aryl methyl sites for hydroxylation is 2. The van der Waals surface area contributed by atoms with E-state index in [9.17, 15) is 0 Å². The molecule has 13 rings (SSSR count). The number of hydrogen-bond acceptors (Lipinski definition) is 4. The summed E-state index contributed by atoms with van der Waals surface area (Å²) in [5, 5.41) is 9.24. The smallest absolute Gasteiger partial charge is 0.159 e. The molecule has 0 saturated carbocycles. The molecule has 0 saturated heterocycles. The van der Waals surface area contributed by atoms with Gasteiger partial charge in [-0.1, -0.05) is 159 Å². The first kappa shape index (κ1) is 37.5. The molecule has 0 spiro atoms. The summed E-state index contributed by atoms with van der Waals surface area (Å²) in [5.41, 5.74) is 17.1. The van der Waals surface area contributed by atoms with Gasteiger partial charge in [0, 0.05) is 49.1 Å². The Kier molecular flexibility index (Phi) is 8.05. The van der Waals surface area contributed by atoms with Crippen LogP contribution >= 0.6 is 0 Å². The minimum absolute atomic E-state index is 0.364. The second-order valence-corrected chi connectivity index (χ2v) is 18.1. The summed E-state index contributed by atoms with van der Waals surface area (Å²) < 4.78 is 13.6. The van der Waals surface area contributed by atoms with Gasteiger partial charge in [0.05, 0.1) is 22.7 Å². The maximum Gasteiger partial charge on any atom is 0.159 e. The van der Waals surface area contributed by atoms with Gasteiger partial charge in [-0.15, -0.1) is 0 Å². The average Bonchev–Trinajstić information content (AvgIpc) is 3.99. The van der Waals surface area contributed by atoms with Gasteiger partial charge in [-0.2, -0.15) is 0 Å². The topological polar surface area (TPSA) is 32.8 Å². The molecule has 4 heteroatoms. The van der Waals surface area contributed by atoms with Crippen molar-refractivity contribution in [3.63, 3.8) is 0 Å². The van der Waals surface area contributed by atoms with Crippen LogP contribution < -0.4 is 9.80 Å². The number of para-hydroxylation sites is 6. The Labute approximate surface area is 377 Å². The fourth-order valence-corrected chi connectivity index (χ4v) is 11.1. The van der Waals surface area contributed by atoms with Crippen LogP contribution in [0.5, 0.6) is 0 Å². The number of fused-ring (bicyclic) bond motifs is 13. The molecule has 0 radical (unpaired) electrons. The fourth-order valence-electron chi connectivity index (χ4n) is 11.1. The van der Waals surface area contributed by atoms with Crippen molar-refractivity contribution in [2.45, 2.75) is 33.1 Å². The standard InChI is InChI=1S/C61H44N2O2/c1-37-19-5-13-29-49(37)62(51-31-17-27-45-41-23-11-15-33-55(41)64-59(45)51)53-35-47-57-43-25-9-7-21-39(43)54(36-48(57)61(3,4)58(47)44-26-10-8-22-40(44)53)63(50-30-14-6-20-38(50)2)52-32-18-28-46-42-24-12-16-34-56(42)65-60(46)52/h5-36H,1-4H3. The van der Waals surface area contributed by atoms with Crippen LogP contribution in [0.1, 0.15) is 36.1 Å². The van der Waals surface area contributed by atoms with Crippen LogP contribution in [-0.4, -0.2) is 0 Å². The molecule has 1 aliphatic carbocycles. The highest BCUT2D eigenvalue weighted by Gasteiger charge is 2.41. The lowest BCUT2D eigenvalue weighted by molar-refractivity contribution is 0.666. The van der Waals surface area contributed by atoms with Crippen LogP contribution in [0, 0.1) is 13.8 Å². The largest absolute Gasteiger partial charge is 0.454 e. The van der Waals surface area contributed by atoms with Gasteiger partial charge in [0.2, 0.25) is 0 Å². The Morgan fingerprint density at radius 1 is 0.354 bits per heavy atom. The predicted molar refractivity (Wildman–Crippen MR) is 272 cm³/mol. The van der Waals surface area contributed by atoms with E-state index in [2.05, 4.69) is 219 Å². The molecule has 4 nitrogen and oxygen atoms in total. The summed E-state index contributed by atoms with van der Waals surface area (Å²) >= 11 is 0. The van der Waals surface area contributed by atoms with E-state index in [4.69, 9.17) is 8.83 Å². The Bertz CT molecular complexity index is 3920. The number of rotatable bonds is 6. The second kappa shape index (κ2) is 14.0. The van der Waals surface area contributed by atoms with Gasteiger partial charge in [0.1, 0.15) is 11.2 Å². The molecule has 1 aliphatic rings. The van der Waals surface area contributed by atoms with E-state index >= 15 is 0 Å². The molecule has 0 bridgehead atoms. The van der Waals surface area contributed by atoms with Gasteiger partial charge in [0.15, 0.2) is 11.2 Å². The van der Waals surface area contributed by atoms with E-state index in [0.29, 0.717) is 0 Å². The maximum atomic E-state index is 6.81. The third kappa shape index (κ3) is 5.37. The summed E-state index contributed by atoms with van der Waals surface area (Å²) in [6, 6.07) is 70.2. The highest BCUT2D eigenvalue weighted by molar-refractivity contribution is 6.18. The van der Waals surface area contributed by atoms with Crippen LogP contribution in [0.15, 0.2) is 203 Å². The molecule has 0 aliphatic heterocycles. The molecule has 12 aromatic rings. The van der Waals surface area contributed by atoms with Crippen molar-refractivity contribution in [3.8, 4) is 11.1 Å².